The highest BCUT2D eigenvalue weighted by Gasteiger charge is 2.24. The third-order valence-corrected chi connectivity index (χ3v) is 4.22. The molecule has 0 bridgehead atoms. The smallest absolute Gasteiger partial charge is 0.0334 e. The average Bonchev–Trinajstić information content (AvgIpc) is 2.81. The molecule has 0 amide bonds. The zero-order valence-corrected chi connectivity index (χ0v) is 10.1. The Balaban J connectivity index is 2.19. The molecular formula is C13H19NS. The van der Waals surface area contributed by atoms with Crippen LogP contribution >= 0.6 is 11.8 Å². The normalized spacial score (nSPS) is 19.3. The molecule has 2 heteroatoms. The molecule has 1 aromatic rings. The molecule has 0 heterocycles. The highest BCUT2D eigenvalue weighted by molar-refractivity contribution is 7.98. The first-order valence-electron chi connectivity index (χ1n) is 5.71. The van der Waals surface area contributed by atoms with Gasteiger partial charge in [0.2, 0.25) is 0 Å². The molecule has 1 saturated carbocycles. The maximum Gasteiger partial charge on any atom is 0.0334 e. The van der Waals surface area contributed by atoms with Crippen LogP contribution in [-0.4, -0.2) is 6.26 Å². The summed E-state index contributed by atoms with van der Waals surface area (Å²) < 4.78 is 0. The zero-order valence-electron chi connectivity index (χ0n) is 9.28. The summed E-state index contributed by atoms with van der Waals surface area (Å²) in [7, 11) is 0. The molecule has 0 aromatic heterocycles. The molecule has 0 spiro atoms. The summed E-state index contributed by atoms with van der Waals surface area (Å²) in [5.41, 5.74) is 7.71. The van der Waals surface area contributed by atoms with Crippen LogP contribution in [0.1, 0.15) is 37.3 Å². The molecule has 1 atom stereocenters. The van der Waals surface area contributed by atoms with E-state index < -0.39 is 0 Å². The van der Waals surface area contributed by atoms with Gasteiger partial charge in [0.15, 0.2) is 0 Å². The Labute approximate surface area is 96.4 Å². The van der Waals surface area contributed by atoms with Crippen molar-refractivity contribution in [3.8, 4) is 0 Å². The van der Waals surface area contributed by atoms with Crippen molar-refractivity contribution >= 4 is 11.8 Å². The third-order valence-electron chi connectivity index (χ3n) is 3.41. The number of benzene rings is 1. The van der Waals surface area contributed by atoms with Crippen LogP contribution in [-0.2, 0) is 0 Å². The highest BCUT2D eigenvalue weighted by Crippen LogP contribution is 2.37. The molecule has 82 valence electrons. The van der Waals surface area contributed by atoms with Crippen LogP contribution in [0.2, 0.25) is 0 Å². The molecule has 1 aliphatic rings. The van der Waals surface area contributed by atoms with Crippen molar-refractivity contribution in [1.29, 1.82) is 0 Å². The molecule has 1 aliphatic carbocycles. The lowest BCUT2D eigenvalue weighted by molar-refractivity contribution is 0.440. The predicted octanol–water partition coefficient (Wildman–Crippen LogP) is 3.60. The highest BCUT2D eigenvalue weighted by atomic mass is 32.2. The van der Waals surface area contributed by atoms with E-state index in [1.807, 2.05) is 0 Å². The Kier molecular flexibility index (Phi) is 3.71. The van der Waals surface area contributed by atoms with Gasteiger partial charge in [0.05, 0.1) is 0 Å². The van der Waals surface area contributed by atoms with E-state index in [9.17, 15) is 0 Å². The van der Waals surface area contributed by atoms with Gasteiger partial charge in [-0.05, 0) is 36.6 Å². The van der Waals surface area contributed by atoms with Crippen molar-refractivity contribution < 1.29 is 0 Å². The van der Waals surface area contributed by atoms with Gasteiger partial charge in [-0.2, -0.15) is 0 Å². The van der Waals surface area contributed by atoms with E-state index in [1.54, 1.807) is 11.8 Å². The molecule has 1 aromatic carbocycles. The number of thioether (sulfide) groups is 1. The predicted molar refractivity (Wildman–Crippen MR) is 67.1 cm³/mol. The molecule has 0 radical (unpaired) electrons. The van der Waals surface area contributed by atoms with Crippen molar-refractivity contribution in [2.24, 2.45) is 11.7 Å². The monoisotopic (exact) mass is 221 g/mol. The van der Waals surface area contributed by atoms with Crippen molar-refractivity contribution in [3.05, 3.63) is 29.8 Å². The lowest BCUT2D eigenvalue weighted by atomic mass is 9.92. The van der Waals surface area contributed by atoms with E-state index in [2.05, 4.69) is 30.5 Å². The molecule has 2 rings (SSSR count). The first kappa shape index (κ1) is 11.0. The second-order valence-corrected chi connectivity index (χ2v) is 5.16. The summed E-state index contributed by atoms with van der Waals surface area (Å²) in [6.45, 7) is 0. The second-order valence-electron chi connectivity index (χ2n) is 4.31. The standard InChI is InChI=1S/C13H19NS/c1-15-12-9-5-4-8-11(12)13(14)10-6-2-3-7-10/h4-5,8-10,13H,2-3,6-7,14H2,1H3. The van der Waals surface area contributed by atoms with Crippen LogP contribution in [0.25, 0.3) is 0 Å². The molecular weight excluding hydrogens is 202 g/mol. The minimum atomic E-state index is 0.246. The Morgan fingerprint density at radius 3 is 2.60 bits per heavy atom. The summed E-state index contributed by atoms with van der Waals surface area (Å²) in [6.07, 6.45) is 7.47. The van der Waals surface area contributed by atoms with Gasteiger partial charge in [0, 0.05) is 10.9 Å². The van der Waals surface area contributed by atoms with Gasteiger partial charge < -0.3 is 5.73 Å². The average molecular weight is 221 g/mol. The van der Waals surface area contributed by atoms with Crippen LogP contribution in [0.3, 0.4) is 0 Å². The summed E-state index contributed by atoms with van der Waals surface area (Å²) in [4.78, 5) is 1.34. The molecule has 0 aliphatic heterocycles. The maximum absolute atomic E-state index is 6.36. The fraction of sp³-hybridized carbons (Fsp3) is 0.538. The number of hydrogen-bond acceptors (Lipinski definition) is 2. The largest absolute Gasteiger partial charge is 0.324 e. The fourth-order valence-corrected chi connectivity index (χ4v) is 3.17. The minimum absolute atomic E-state index is 0.246. The van der Waals surface area contributed by atoms with Crippen molar-refractivity contribution in [2.75, 3.05) is 6.26 Å². The summed E-state index contributed by atoms with van der Waals surface area (Å²) in [5.74, 6) is 0.707. The SMILES string of the molecule is CSc1ccccc1C(N)C1CCCC1. The third kappa shape index (κ3) is 2.37. The van der Waals surface area contributed by atoms with Gasteiger partial charge in [-0.3, -0.25) is 0 Å². The van der Waals surface area contributed by atoms with Crippen molar-refractivity contribution in [2.45, 2.75) is 36.6 Å². The van der Waals surface area contributed by atoms with Crippen molar-refractivity contribution in [3.63, 3.8) is 0 Å². The molecule has 1 unspecified atom stereocenters. The van der Waals surface area contributed by atoms with E-state index in [0.29, 0.717) is 5.92 Å². The molecule has 1 fully saturated rings. The lowest BCUT2D eigenvalue weighted by Crippen LogP contribution is -2.19. The Morgan fingerprint density at radius 2 is 1.93 bits per heavy atom. The van der Waals surface area contributed by atoms with Crippen molar-refractivity contribution in [1.82, 2.24) is 0 Å². The van der Waals surface area contributed by atoms with Crippen LogP contribution in [0.4, 0.5) is 0 Å². The van der Waals surface area contributed by atoms with Crippen LogP contribution in [0.15, 0.2) is 29.2 Å². The van der Waals surface area contributed by atoms with Gasteiger partial charge in [0.1, 0.15) is 0 Å². The van der Waals surface area contributed by atoms with Crippen LogP contribution in [0, 0.1) is 5.92 Å². The van der Waals surface area contributed by atoms with E-state index in [0.717, 1.165) is 0 Å². The molecule has 0 saturated heterocycles. The van der Waals surface area contributed by atoms with Gasteiger partial charge in [0.25, 0.3) is 0 Å². The minimum Gasteiger partial charge on any atom is -0.324 e. The summed E-state index contributed by atoms with van der Waals surface area (Å²) in [5, 5.41) is 0. The summed E-state index contributed by atoms with van der Waals surface area (Å²) in [6, 6.07) is 8.81. The Bertz CT molecular complexity index is 318. The number of rotatable bonds is 3. The topological polar surface area (TPSA) is 26.0 Å². The van der Waals surface area contributed by atoms with Gasteiger partial charge >= 0.3 is 0 Å². The fourth-order valence-electron chi connectivity index (χ4n) is 2.51. The van der Waals surface area contributed by atoms with E-state index in [1.165, 1.54) is 36.1 Å². The second kappa shape index (κ2) is 5.04. The first-order valence-corrected chi connectivity index (χ1v) is 6.94. The van der Waals surface area contributed by atoms with Crippen LogP contribution in [0.5, 0.6) is 0 Å². The lowest BCUT2D eigenvalue weighted by Gasteiger charge is -2.21. The van der Waals surface area contributed by atoms with E-state index >= 15 is 0 Å². The number of hydrogen-bond donors (Lipinski definition) is 1. The van der Waals surface area contributed by atoms with Gasteiger partial charge in [-0.1, -0.05) is 31.0 Å². The quantitative estimate of drug-likeness (QED) is 0.789. The van der Waals surface area contributed by atoms with Gasteiger partial charge in [-0.15, -0.1) is 11.8 Å². The van der Waals surface area contributed by atoms with Gasteiger partial charge in [-0.25, -0.2) is 0 Å². The molecule has 2 N–H and O–H groups in total. The Morgan fingerprint density at radius 1 is 1.27 bits per heavy atom. The first-order chi connectivity index (χ1) is 7.33. The van der Waals surface area contributed by atoms with Crippen LogP contribution < -0.4 is 5.73 Å². The molecule has 15 heavy (non-hydrogen) atoms. The maximum atomic E-state index is 6.36. The zero-order chi connectivity index (χ0) is 10.7. The Hall–Kier alpha value is -0.470. The number of nitrogens with two attached hydrogens (primary N) is 1. The molecule has 1 nitrogen and oxygen atoms in total. The summed E-state index contributed by atoms with van der Waals surface area (Å²) >= 11 is 1.80. The van der Waals surface area contributed by atoms with E-state index in [-0.39, 0.29) is 6.04 Å². The van der Waals surface area contributed by atoms with E-state index in [4.69, 9.17) is 5.73 Å².